The van der Waals surface area contributed by atoms with Crippen molar-refractivity contribution in [3.8, 4) is 11.8 Å². The van der Waals surface area contributed by atoms with E-state index < -0.39 is 5.97 Å². The van der Waals surface area contributed by atoms with Crippen LogP contribution in [0.25, 0.3) is 17.0 Å². The number of rotatable bonds is 4. The van der Waals surface area contributed by atoms with Crippen LogP contribution in [0, 0.1) is 5.92 Å². The quantitative estimate of drug-likeness (QED) is 0.737. The van der Waals surface area contributed by atoms with Crippen molar-refractivity contribution in [2.24, 2.45) is 5.92 Å². The normalized spacial score (nSPS) is 16.8. The van der Waals surface area contributed by atoms with Crippen LogP contribution in [-0.2, 0) is 0 Å². The molecule has 0 saturated heterocycles. The number of aromatic carboxylic acids is 1. The summed E-state index contributed by atoms with van der Waals surface area (Å²) < 4.78 is 3.03. The number of carbonyl (C=O) groups is 1. The first-order valence-electron chi connectivity index (χ1n) is 8.77. The van der Waals surface area contributed by atoms with Gasteiger partial charge in [-0.1, -0.05) is 19.3 Å². The SMILES string of the molecule is C[C@H](C1CCCCC1)n1ncc2nc(-n3cc(C(=O)O)cn3)nc(O)c21. The van der Waals surface area contributed by atoms with Gasteiger partial charge in [0.2, 0.25) is 5.88 Å². The van der Waals surface area contributed by atoms with Crippen molar-refractivity contribution < 1.29 is 15.0 Å². The minimum Gasteiger partial charge on any atom is -0.492 e. The van der Waals surface area contributed by atoms with Gasteiger partial charge in [-0.3, -0.25) is 4.68 Å². The van der Waals surface area contributed by atoms with Gasteiger partial charge in [0.05, 0.1) is 24.0 Å². The Kier molecular flexibility index (Phi) is 4.06. The van der Waals surface area contributed by atoms with E-state index in [4.69, 9.17) is 5.11 Å². The lowest BCUT2D eigenvalue weighted by Gasteiger charge is -2.28. The van der Waals surface area contributed by atoms with Crippen molar-refractivity contribution in [1.29, 1.82) is 0 Å². The third-order valence-corrected chi connectivity index (χ3v) is 5.17. The molecule has 0 radical (unpaired) electrons. The van der Waals surface area contributed by atoms with E-state index in [1.807, 2.05) is 0 Å². The zero-order valence-corrected chi connectivity index (χ0v) is 14.4. The zero-order chi connectivity index (χ0) is 18.3. The fourth-order valence-corrected chi connectivity index (χ4v) is 3.70. The number of aromatic nitrogens is 6. The smallest absolute Gasteiger partial charge is 0.338 e. The van der Waals surface area contributed by atoms with Crippen LogP contribution in [0.5, 0.6) is 5.88 Å². The summed E-state index contributed by atoms with van der Waals surface area (Å²) in [5.41, 5.74) is 1.02. The van der Waals surface area contributed by atoms with Crippen molar-refractivity contribution in [2.45, 2.75) is 45.1 Å². The Labute approximate surface area is 149 Å². The van der Waals surface area contributed by atoms with Gasteiger partial charge in [0, 0.05) is 6.20 Å². The number of hydrogen-bond donors (Lipinski definition) is 2. The summed E-state index contributed by atoms with van der Waals surface area (Å²) in [7, 11) is 0. The van der Waals surface area contributed by atoms with Crippen LogP contribution < -0.4 is 0 Å². The molecule has 136 valence electrons. The van der Waals surface area contributed by atoms with E-state index in [0.29, 0.717) is 17.0 Å². The average Bonchev–Trinajstić information content (AvgIpc) is 3.29. The van der Waals surface area contributed by atoms with E-state index in [1.54, 1.807) is 10.9 Å². The molecule has 2 N–H and O–H groups in total. The Morgan fingerprint density at radius 1 is 1.19 bits per heavy atom. The van der Waals surface area contributed by atoms with Crippen LogP contribution in [0.4, 0.5) is 0 Å². The number of nitrogens with zero attached hydrogens (tertiary/aromatic N) is 6. The molecule has 9 heteroatoms. The van der Waals surface area contributed by atoms with E-state index in [9.17, 15) is 9.90 Å². The summed E-state index contributed by atoms with van der Waals surface area (Å²) in [6, 6.07) is 0.150. The molecule has 1 aliphatic carbocycles. The number of carboxylic acid groups (broad SMARTS) is 1. The predicted molar refractivity (Wildman–Crippen MR) is 92.4 cm³/mol. The van der Waals surface area contributed by atoms with Gasteiger partial charge in [-0.15, -0.1) is 0 Å². The Morgan fingerprint density at radius 3 is 2.65 bits per heavy atom. The molecule has 0 unspecified atom stereocenters. The van der Waals surface area contributed by atoms with E-state index in [-0.39, 0.29) is 23.4 Å². The molecular weight excluding hydrogens is 336 g/mol. The fraction of sp³-hybridized carbons (Fsp3) is 0.471. The molecule has 1 saturated carbocycles. The van der Waals surface area contributed by atoms with Gasteiger partial charge in [-0.05, 0) is 25.7 Å². The predicted octanol–water partition coefficient (Wildman–Crippen LogP) is 2.56. The molecule has 0 amide bonds. The van der Waals surface area contributed by atoms with Crippen molar-refractivity contribution >= 4 is 17.0 Å². The van der Waals surface area contributed by atoms with Crippen molar-refractivity contribution in [3.05, 3.63) is 24.2 Å². The molecule has 1 aliphatic rings. The minimum atomic E-state index is -1.09. The van der Waals surface area contributed by atoms with Crippen molar-refractivity contribution in [3.63, 3.8) is 0 Å². The van der Waals surface area contributed by atoms with Crippen LogP contribution in [0.15, 0.2) is 18.6 Å². The molecule has 0 spiro atoms. The monoisotopic (exact) mass is 356 g/mol. The standard InChI is InChI=1S/C17H20N6O3/c1-10(11-5-3-2-4-6-11)23-14-13(8-19-23)20-17(21-15(14)24)22-9-12(7-18-22)16(25)26/h7-11H,2-6H2,1H3,(H,25,26)(H,20,21,24)/t10-/m1/s1. The third kappa shape index (κ3) is 2.79. The molecule has 26 heavy (non-hydrogen) atoms. The van der Waals surface area contributed by atoms with Gasteiger partial charge < -0.3 is 10.2 Å². The van der Waals surface area contributed by atoms with Crippen LogP contribution in [0.2, 0.25) is 0 Å². The molecule has 4 rings (SSSR count). The van der Waals surface area contributed by atoms with Gasteiger partial charge in [-0.25, -0.2) is 14.5 Å². The summed E-state index contributed by atoms with van der Waals surface area (Å²) in [4.78, 5) is 19.5. The second-order valence-corrected chi connectivity index (χ2v) is 6.79. The van der Waals surface area contributed by atoms with Gasteiger partial charge in [-0.2, -0.15) is 15.2 Å². The van der Waals surface area contributed by atoms with E-state index in [1.165, 1.54) is 36.3 Å². The first-order valence-corrected chi connectivity index (χ1v) is 8.77. The van der Waals surface area contributed by atoms with Crippen LogP contribution in [-0.4, -0.2) is 45.7 Å². The maximum absolute atomic E-state index is 11.0. The minimum absolute atomic E-state index is 0.0230. The van der Waals surface area contributed by atoms with E-state index >= 15 is 0 Å². The fourth-order valence-electron chi connectivity index (χ4n) is 3.70. The van der Waals surface area contributed by atoms with Crippen molar-refractivity contribution in [1.82, 2.24) is 29.5 Å². The molecule has 3 heterocycles. The molecular formula is C17H20N6O3. The highest BCUT2D eigenvalue weighted by atomic mass is 16.4. The van der Waals surface area contributed by atoms with Gasteiger partial charge in [0.15, 0.2) is 0 Å². The third-order valence-electron chi connectivity index (χ3n) is 5.17. The molecule has 3 aromatic heterocycles. The molecule has 1 fully saturated rings. The second kappa shape index (κ2) is 6.40. The topological polar surface area (TPSA) is 119 Å². The summed E-state index contributed by atoms with van der Waals surface area (Å²) in [6.45, 7) is 2.11. The van der Waals surface area contributed by atoms with Crippen molar-refractivity contribution in [2.75, 3.05) is 0 Å². The highest BCUT2D eigenvalue weighted by Crippen LogP contribution is 2.35. The van der Waals surface area contributed by atoms with Crippen LogP contribution >= 0.6 is 0 Å². The Bertz CT molecular complexity index is 957. The number of hydrogen-bond acceptors (Lipinski definition) is 6. The average molecular weight is 356 g/mol. The van der Waals surface area contributed by atoms with Crippen LogP contribution in [0.1, 0.15) is 55.4 Å². The van der Waals surface area contributed by atoms with Gasteiger partial charge in [0.25, 0.3) is 5.95 Å². The number of fused-ring (bicyclic) bond motifs is 1. The summed E-state index contributed by atoms with van der Waals surface area (Å²) in [6.07, 6.45) is 10.2. The lowest BCUT2D eigenvalue weighted by molar-refractivity contribution is 0.0697. The largest absolute Gasteiger partial charge is 0.492 e. The first-order chi connectivity index (χ1) is 12.5. The maximum atomic E-state index is 11.0. The molecule has 0 aliphatic heterocycles. The number of aromatic hydroxyl groups is 1. The Hall–Kier alpha value is -2.97. The van der Waals surface area contributed by atoms with Crippen LogP contribution in [0.3, 0.4) is 0 Å². The highest BCUT2D eigenvalue weighted by Gasteiger charge is 2.25. The maximum Gasteiger partial charge on any atom is 0.338 e. The van der Waals surface area contributed by atoms with E-state index in [0.717, 1.165) is 12.8 Å². The summed E-state index contributed by atoms with van der Waals surface area (Å²) >= 11 is 0. The van der Waals surface area contributed by atoms with E-state index in [2.05, 4.69) is 27.1 Å². The summed E-state index contributed by atoms with van der Waals surface area (Å²) in [5.74, 6) is -0.643. The first kappa shape index (κ1) is 16.5. The zero-order valence-electron chi connectivity index (χ0n) is 14.4. The lowest BCUT2D eigenvalue weighted by Crippen LogP contribution is -2.20. The van der Waals surface area contributed by atoms with Gasteiger partial charge >= 0.3 is 5.97 Å². The highest BCUT2D eigenvalue weighted by molar-refractivity contribution is 5.87. The summed E-state index contributed by atoms with van der Waals surface area (Å²) in [5, 5.41) is 27.9. The Balaban J connectivity index is 1.71. The number of carboxylic acids is 1. The molecule has 3 aromatic rings. The molecule has 9 nitrogen and oxygen atoms in total. The lowest BCUT2D eigenvalue weighted by atomic mass is 9.84. The molecule has 0 bridgehead atoms. The molecule has 1 atom stereocenters. The second-order valence-electron chi connectivity index (χ2n) is 6.79. The Morgan fingerprint density at radius 2 is 1.96 bits per heavy atom. The van der Waals surface area contributed by atoms with Gasteiger partial charge in [0.1, 0.15) is 11.0 Å². The molecule has 0 aromatic carbocycles.